The molecule has 1 fully saturated rings. The first-order valence-electron chi connectivity index (χ1n) is 15.8. The zero-order valence-electron chi connectivity index (χ0n) is 27.5. The quantitative estimate of drug-likeness (QED) is 0.139. The van der Waals surface area contributed by atoms with Crippen molar-refractivity contribution in [2.45, 2.75) is 32.8 Å². The van der Waals surface area contributed by atoms with E-state index in [1.807, 2.05) is 51.4 Å². The number of nitrogens with one attached hydrogen (secondary N) is 4. The Bertz CT molecular complexity index is 1830. The molecule has 4 aromatic heterocycles. The smallest absolute Gasteiger partial charge is 0.238 e. The highest BCUT2D eigenvalue weighted by molar-refractivity contribution is 6.06. The number of carbonyl (C=O) groups is 1. The molecule has 0 saturated carbocycles. The molecular weight excluding hydrogens is 596 g/mol. The molecule has 14 heteroatoms. The van der Waals surface area contributed by atoms with Crippen molar-refractivity contribution in [3.63, 3.8) is 0 Å². The lowest BCUT2D eigenvalue weighted by atomic mass is 10.1. The third kappa shape index (κ3) is 7.84. The number of amides is 1. The molecule has 1 aromatic carbocycles. The van der Waals surface area contributed by atoms with Gasteiger partial charge in [0, 0.05) is 74.0 Å². The number of benzene rings is 1. The van der Waals surface area contributed by atoms with Crippen LogP contribution < -0.4 is 20.7 Å². The maximum Gasteiger partial charge on any atom is 0.238 e. The van der Waals surface area contributed by atoms with Crippen LogP contribution >= 0.6 is 0 Å². The zero-order chi connectivity index (χ0) is 32.9. The van der Waals surface area contributed by atoms with Gasteiger partial charge in [0.05, 0.1) is 23.4 Å². The van der Waals surface area contributed by atoms with Crippen molar-refractivity contribution in [3.05, 3.63) is 60.2 Å². The van der Waals surface area contributed by atoms with E-state index in [9.17, 15) is 4.79 Å². The topological polar surface area (TPSA) is 154 Å². The van der Waals surface area contributed by atoms with Crippen LogP contribution in [0.25, 0.3) is 22.2 Å². The van der Waals surface area contributed by atoms with Gasteiger partial charge in [-0.1, -0.05) is 12.1 Å². The van der Waals surface area contributed by atoms with Crippen LogP contribution in [0, 0.1) is 13.8 Å². The summed E-state index contributed by atoms with van der Waals surface area (Å²) >= 11 is 0. The first-order chi connectivity index (χ1) is 22.7. The van der Waals surface area contributed by atoms with Crippen LogP contribution in [-0.4, -0.2) is 103 Å². The minimum Gasteiger partial charge on any atom is -0.473 e. The van der Waals surface area contributed by atoms with Crippen molar-refractivity contribution in [3.8, 4) is 17.1 Å². The van der Waals surface area contributed by atoms with Gasteiger partial charge in [-0.15, -0.1) is 0 Å². The third-order valence-corrected chi connectivity index (χ3v) is 8.15. The lowest BCUT2D eigenvalue weighted by Crippen LogP contribution is -2.33. The zero-order valence-corrected chi connectivity index (χ0v) is 27.5. The highest BCUT2D eigenvalue weighted by atomic mass is 16.5. The van der Waals surface area contributed by atoms with Gasteiger partial charge in [-0.2, -0.15) is 10.1 Å². The molecule has 5 heterocycles. The molecule has 1 unspecified atom stereocenters. The van der Waals surface area contributed by atoms with Gasteiger partial charge in [0.2, 0.25) is 23.7 Å². The molecule has 0 spiro atoms. The van der Waals surface area contributed by atoms with E-state index in [1.165, 1.54) is 0 Å². The van der Waals surface area contributed by atoms with Crippen LogP contribution in [0.2, 0.25) is 0 Å². The summed E-state index contributed by atoms with van der Waals surface area (Å²) < 4.78 is 7.95. The Morgan fingerprint density at radius 2 is 2.02 bits per heavy atom. The van der Waals surface area contributed by atoms with Gasteiger partial charge in [0.25, 0.3) is 0 Å². The number of H-pyrrole nitrogens is 1. The Morgan fingerprint density at radius 3 is 2.83 bits per heavy atom. The van der Waals surface area contributed by atoms with Crippen LogP contribution in [0.15, 0.2) is 48.9 Å². The molecule has 1 aliphatic rings. The van der Waals surface area contributed by atoms with E-state index in [1.54, 1.807) is 23.1 Å². The van der Waals surface area contributed by atoms with E-state index < -0.39 is 0 Å². The molecule has 1 atom stereocenters. The maximum atomic E-state index is 13.2. The number of carbonyl (C=O) groups excluding carboxylic acids is 1. The first kappa shape index (κ1) is 31.9. The van der Waals surface area contributed by atoms with Gasteiger partial charge in [-0.25, -0.2) is 15.0 Å². The van der Waals surface area contributed by atoms with E-state index in [0.717, 1.165) is 65.9 Å². The third-order valence-electron chi connectivity index (χ3n) is 8.15. The average molecular weight is 639 g/mol. The van der Waals surface area contributed by atoms with Gasteiger partial charge in [0.1, 0.15) is 6.10 Å². The molecule has 0 bridgehead atoms. The molecule has 5 aromatic rings. The normalized spacial score (nSPS) is 15.0. The summed E-state index contributed by atoms with van der Waals surface area (Å²) in [6.45, 7) is 7.41. The number of hydrogen-bond donors (Lipinski definition) is 4. The predicted octanol–water partition coefficient (Wildman–Crippen LogP) is 3.96. The molecule has 14 nitrogen and oxygen atoms in total. The van der Waals surface area contributed by atoms with E-state index in [2.05, 4.69) is 64.9 Å². The predicted molar refractivity (Wildman–Crippen MR) is 183 cm³/mol. The highest BCUT2D eigenvalue weighted by Crippen LogP contribution is 2.33. The van der Waals surface area contributed by atoms with Crippen LogP contribution in [0.1, 0.15) is 24.1 Å². The van der Waals surface area contributed by atoms with Crippen molar-refractivity contribution < 1.29 is 9.53 Å². The fourth-order valence-electron chi connectivity index (χ4n) is 5.65. The lowest BCUT2D eigenvalue weighted by Gasteiger charge is -2.17. The molecule has 47 heavy (non-hydrogen) atoms. The standard InChI is InChI=1S/C33H42N12O2/c1-21-17-37-33(39-27-16-22(2)44(5)42-27)41-30(21)25-18-36-31-24(25)8-6-9-26(31)38-28(46)20-45-15-11-23(19-45)47-29-10-13-35-32(40-29)34-12-7-14-43(3)4/h6,8-10,13,16-18,23,36H,7,11-12,14-15,19-20H2,1-5H3,(H,38,46)(H,34,35,40)(H,37,39,41,42). The van der Waals surface area contributed by atoms with Crippen molar-refractivity contribution >= 4 is 40.2 Å². The Morgan fingerprint density at radius 1 is 1.15 bits per heavy atom. The number of rotatable bonds is 13. The molecule has 4 N–H and O–H groups in total. The van der Waals surface area contributed by atoms with Gasteiger partial charge in [0.15, 0.2) is 5.82 Å². The summed E-state index contributed by atoms with van der Waals surface area (Å²) in [5, 5.41) is 15.0. The number of fused-ring (bicyclic) bond motifs is 1. The van der Waals surface area contributed by atoms with Crippen LogP contribution in [-0.2, 0) is 11.8 Å². The van der Waals surface area contributed by atoms with E-state index in [0.29, 0.717) is 35.8 Å². The Labute approximate surface area is 274 Å². The lowest BCUT2D eigenvalue weighted by molar-refractivity contribution is -0.117. The monoisotopic (exact) mass is 638 g/mol. The summed E-state index contributed by atoms with van der Waals surface area (Å²) in [5.74, 6) is 2.15. The summed E-state index contributed by atoms with van der Waals surface area (Å²) in [6, 6.07) is 9.58. The first-order valence-corrected chi connectivity index (χ1v) is 15.8. The van der Waals surface area contributed by atoms with Crippen LogP contribution in [0.4, 0.5) is 23.4 Å². The SMILES string of the molecule is Cc1cnc(Nc2cc(C)n(C)n2)nc1-c1c[nH]c2c(NC(=O)CN3CCC(Oc4ccnc(NCCCN(C)C)n4)C3)cccc12. The van der Waals surface area contributed by atoms with E-state index in [-0.39, 0.29) is 18.6 Å². The number of aromatic nitrogens is 7. The molecule has 1 aliphatic heterocycles. The van der Waals surface area contributed by atoms with Gasteiger partial charge in [-0.3, -0.25) is 14.4 Å². The van der Waals surface area contributed by atoms with Gasteiger partial charge >= 0.3 is 0 Å². The number of ether oxygens (including phenoxy) is 1. The second-order valence-corrected chi connectivity index (χ2v) is 12.2. The molecule has 1 amide bonds. The molecule has 0 radical (unpaired) electrons. The Balaban J connectivity index is 1.06. The minimum absolute atomic E-state index is 0.0501. The number of hydrogen-bond acceptors (Lipinski definition) is 11. The average Bonchev–Trinajstić information content (AvgIpc) is 3.75. The van der Waals surface area contributed by atoms with Crippen molar-refractivity contribution in [1.29, 1.82) is 0 Å². The van der Waals surface area contributed by atoms with Crippen molar-refractivity contribution in [2.24, 2.45) is 7.05 Å². The van der Waals surface area contributed by atoms with Crippen LogP contribution in [0.5, 0.6) is 5.88 Å². The summed E-state index contributed by atoms with van der Waals surface area (Å²) in [5.41, 5.74) is 5.23. The van der Waals surface area contributed by atoms with Gasteiger partial charge in [-0.05, 0) is 59.0 Å². The van der Waals surface area contributed by atoms with Crippen LogP contribution in [0.3, 0.4) is 0 Å². The summed E-state index contributed by atoms with van der Waals surface area (Å²) in [6.07, 6.45) is 7.18. The summed E-state index contributed by atoms with van der Waals surface area (Å²) in [4.78, 5) is 38.9. The number of nitrogens with zero attached hydrogens (tertiary/aromatic N) is 8. The molecular formula is C33H42N12O2. The number of anilines is 4. The van der Waals surface area contributed by atoms with Gasteiger partial charge < -0.3 is 30.6 Å². The fraction of sp³-hybridized carbons (Fsp3) is 0.394. The second kappa shape index (κ2) is 14.1. The molecule has 246 valence electrons. The largest absolute Gasteiger partial charge is 0.473 e. The molecule has 0 aliphatic carbocycles. The maximum absolute atomic E-state index is 13.2. The minimum atomic E-state index is -0.0871. The highest BCUT2D eigenvalue weighted by Gasteiger charge is 2.26. The number of aryl methyl sites for hydroxylation is 3. The molecule has 1 saturated heterocycles. The van der Waals surface area contributed by atoms with Crippen molar-refractivity contribution in [2.75, 3.05) is 62.8 Å². The Hall–Kier alpha value is -5.08. The van der Waals surface area contributed by atoms with E-state index in [4.69, 9.17) is 9.72 Å². The Kier molecular flexibility index (Phi) is 9.59. The van der Waals surface area contributed by atoms with Crippen molar-refractivity contribution in [1.82, 2.24) is 44.5 Å². The second-order valence-electron chi connectivity index (χ2n) is 12.2. The summed E-state index contributed by atoms with van der Waals surface area (Å²) in [7, 11) is 6.00. The number of likely N-dealkylation sites (tertiary alicyclic amines) is 1. The van der Waals surface area contributed by atoms with E-state index >= 15 is 0 Å². The fourth-order valence-corrected chi connectivity index (χ4v) is 5.65. The number of para-hydroxylation sites is 1. The molecule has 6 rings (SSSR count). The number of aromatic amines is 1.